The predicted molar refractivity (Wildman–Crippen MR) is 134 cm³/mol. The molecular weight excluding hydrogens is 488 g/mol. The van der Waals surface area contributed by atoms with Gasteiger partial charge >= 0.3 is 5.97 Å². The molecule has 1 heterocycles. The van der Waals surface area contributed by atoms with Crippen molar-refractivity contribution in [1.82, 2.24) is 4.98 Å². The van der Waals surface area contributed by atoms with Crippen LogP contribution in [-0.2, 0) is 20.7 Å². The number of hydrogen-bond donors (Lipinski definition) is 2. The number of hydrogen-bond acceptors (Lipinski definition) is 7. The van der Waals surface area contributed by atoms with Crippen molar-refractivity contribution in [3.05, 3.63) is 76.9 Å². The second kappa shape index (κ2) is 14.0. The summed E-state index contributed by atoms with van der Waals surface area (Å²) in [6.07, 6.45) is 1.54. The largest absolute Gasteiger partial charge is 0.491 e. The number of carbonyl (C=O) groups is 2. The maximum atomic E-state index is 12.4. The first-order chi connectivity index (χ1) is 17.4. The first-order valence-corrected chi connectivity index (χ1v) is 11.7. The van der Waals surface area contributed by atoms with Crippen molar-refractivity contribution in [3.63, 3.8) is 0 Å². The minimum atomic E-state index is -1.18. The number of carboxylic acids is 1. The molecular formula is C26H27ClN2O7. The highest BCUT2D eigenvalue weighted by atomic mass is 35.5. The molecule has 0 bridgehead atoms. The van der Waals surface area contributed by atoms with E-state index >= 15 is 0 Å². The highest BCUT2D eigenvalue weighted by Gasteiger charge is 2.14. The van der Waals surface area contributed by atoms with E-state index in [1.54, 1.807) is 36.4 Å². The highest BCUT2D eigenvalue weighted by molar-refractivity contribution is 6.31. The summed E-state index contributed by atoms with van der Waals surface area (Å²) in [7, 11) is 0. The van der Waals surface area contributed by atoms with Gasteiger partial charge < -0.3 is 29.4 Å². The predicted octanol–water partition coefficient (Wildman–Crippen LogP) is 4.84. The van der Waals surface area contributed by atoms with Crippen molar-refractivity contribution in [3.8, 4) is 17.4 Å². The zero-order valence-corrected chi connectivity index (χ0v) is 20.5. The molecule has 0 aliphatic rings. The first kappa shape index (κ1) is 26.9. The lowest BCUT2D eigenvalue weighted by molar-refractivity contribution is -0.115. The fraction of sp³-hybridized carbons (Fsp3) is 0.269. The SMILES string of the molecule is CCOCCOCCOc1ccc(Oc2ccc(CC(=O)Nc3ccc(Cl)cc3C(=O)O)cn2)cc1. The Morgan fingerprint density at radius 1 is 0.944 bits per heavy atom. The maximum Gasteiger partial charge on any atom is 0.337 e. The number of pyridine rings is 1. The molecule has 0 unspecified atom stereocenters. The van der Waals surface area contributed by atoms with Crippen molar-refractivity contribution in [2.75, 3.05) is 38.4 Å². The standard InChI is InChI=1S/C26H27ClN2O7/c1-2-33-11-12-34-13-14-35-20-5-7-21(8-6-20)36-25-10-3-18(17-28-25)15-24(30)29-23-9-4-19(27)16-22(23)26(31)32/h3-10,16-17H,2,11-15H2,1H3,(H,29,30)(H,31,32). The molecule has 2 aromatic carbocycles. The Labute approximate surface area is 213 Å². The van der Waals surface area contributed by atoms with Gasteiger partial charge in [0.15, 0.2) is 0 Å². The Morgan fingerprint density at radius 3 is 2.36 bits per heavy atom. The second-order valence-electron chi connectivity index (χ2n) is 7.46. The molecule has 1 aromatic heterocycles. The van der Waals surface area contributed by atoms with Gasteiger partial charge in [-0.15, -0.1) is 0 Å². The molecule has 3 aromatic rings. The van der Waals surface area contributed by atoms with E-state index in [1.165, 1.54) is 24.4 Å². The van der Waals surface area contributed by atoms with Crippen LogP contribution in [0.3, 0.4) is 0 Å². The Kier molecular flexibility index (Phi) is 10.5. The van der Waals surface area contributed by atoms with Gasteiger partial charge in [-0.1, -0.05) is 17.7 Å². The fourth-order valence-electron chi connectivity index (χ4n) is 3.07. The number of nitrogens with zero attached hydrogens (tertiary/aromatic N) is 1. The van der Waals surface area contributed by atoms with E-state index in [1.807, 2.05) is 6.92 Å². The zero-order chi connectivity index (χ0) is 25.8. The molecule has 0 saturated heterocycles. The van der Waals surface area contributed by atoms with Crippen LogP contribution in [0.5, 0.6) is 17.4 Å². The number of benzene rings is 2. The minimum absolute atomic E-state index is 0.0103. The van der Waals surface area contributed by atoms with E-state index in [9.17, 15) is 14.7 Å². The number of anilines is 1. The summed E-state index contributed by atoms with van der Waals surface area (Å²) in [5.41, 5.74) is 0.726. The third-order valence-electron chi connectivity index (χ3n) is 4.77. The topological polar surface area (TPSA) is 116 Å². The normalized spacial score (nSPS) is 10.6. The van der Waals surface area contributed by atoms with Crippen LogP contribution in [0.15, 0.2) is 60.8 Å². The van der Waals surface area contributed by atoms with Gasteiger partial charge in [-0.25, -0.2) is 9.78 Å². The van der Waals surface area contributed by atoms with Gasteiger partial charge in [0.2, 0.25) is 11.8 Å². The molecule has 3 rings (SSSR count). The minimum Gasteiger partial charge on any atom is -0.491 e. The summed E-state index contributed by atoms with van der Waals surface area (Å²) in [6.45, 7) is 4.62. The molecule has 2 N–H and O–H groups in total. The smallest absolute Gasteiger partial charge is 0.337 e. The summed E-state index contributed by atoms with van der Waals surface area (Å²) in [4.78, 5) is 28.0. The lowest BCUT2D eigenvalue weighted by Gasteiger charge is -2.10. The zero-order valence-electron chi connectivity index (χ0n) is 19.7. The van der Waals surface area contributed by atoms with Gasteiger partial charge in [-0.2, -0.15) is 0 Å². The Morgan fingerprint density at radius 2 is 1.67 bits per heavy atom. The van der Waals surface area contributed by atoms with E-state index in [-0.39, 0.29) is 28.6 Å². The number of carbonyl (C=O) groups excluding carboxylic acids is 1. The quantitative estimate of drug-likeness (QED) is 0.294. The molecule has 0 radical (unpaired) electrons. The Hall–Kier alpha value is -3.66. The molecule has 0 aliphatic carbocycles. The van der Waals surface area contributed by atoms with Crippen molar-refractivity contribution in [1.29, 1.82) is 0 Å². The number of halogens is 1. The molecule has 0 spiro atoms. The van der Waals surface area contributed by atoms with Gasteiger partial charge in [-0.05, 0) is 55.0 Å². The van der Waals surface area contributed by atoms with Gasteiger partial charge in [0.1, 0.15) is 18.1 Å². The summed E-state index contributed by atoms with van der Waals surface area (Å²) in [5.74, 6) is 0.0685. The summed E-state index contributed by atoms with van der Waals surface area (Å²) in [6, 6.07) is 14.7. The molecule has 0 aliphatic heterocycles. The average molecular weight is 515 g/mol. The molecule has 0 atom stereocenters. The lowest BCUT2D eigenvalue weighted by Crippen LogP contribution is -2.17. The van der Waals surface area contributed by atoms with Crippen LogP contribution in [0.2, 0.25) is 5.02 Å². The van der Waals surface area contributed by atoms with Crippen LogP contribution in [0, 0.1) is 0 Å². The monoisotopic (exact) mass is 514 g/mol. The molecule has 0 saturated carbocycles. The van der Waals surface area contributed by atoms with Crippen molar-refractivity contribution < 1.29 is 33.6 Å². The number of aromatic nitrogens is 1. The molecule has 10 heteroatoms. The van der Waals surface area contributed by atoms with Crippen molar-refractivity contribution >= 4 is 29.2 Å². The average Bonchev–Trinajstić information content (AvgIpc) is 2.86. The second-order valence-corrected chi connectivity index (χ2v) is 7.89. The molecule has 0 fully saturated rings. The fourth-order valence-corrected chi connectivity index (χ4v) is 3.24. The molecule has 190 valence electrons. The van der Waals surface area contributed by atoms with Gasteiger partial charge in [-0.3, -0.25) is 4.79 Å². The van der Waals surface area contributed by atoms with Crippen molar-refractivity contribution in [2.45, 2.75) is 13.3 Å². The van der Waals surface area contributed by atoms with Gasteiger partial charge in [0.25, 0.3) is 0 Å². The molecule has 36 heavy (non-hydrogen) atoms. The van der Waals surface area contributed by atoms with E-state index in [4.69, 9.17) is 30.5 Å². The third kappa shape index (κ3) is 8.84. The van der Waals surface area contributed by atoms with E-state index in [2.05, 4.69) is 10.3 Å². The number of carboxylic acid groups (broad SMARTS) is 1. The van der Waals surface area contributed by atoms with Crippen LogP contribution < -0.4 is 14.8 Å². The van der Waals surface area contributed by atoms with Crippen molar-refractivity contribution in [2.24, 2.45) is 0 Å². The summed E-state index contributed by atoms with van der Waals surface area (Å²) < 4.78 is 22.0. The van der Waals surface area contributed by atoms with Crippen LogP contribution in [0.1, 0.15) is 22.8 Å². The van der Waals surface area contributed by atoms with E-state index < -0.39 is 5.97 Å². The third-order valence-corrected chi connectivity index (χ3v) is 5.00. The van der Waals surface area contributed by atoms with Gasteiger partial charge in [0, 0.05) is 23.9 Å². The van der Waals surface area contributed by atoms with Gasteiger partial charge in [0.05, 0.1) is 37.5 Å². The lowest BCUT2D eigenvalue weighted by atomic mass is 10.1. The maximum absolute atomic E-state index is 12.4. The highest BCUT2D eigenvalue weighted by Crippen LogP contribution is 2.23. The van der Waals surface area contributed by atoms with E-state index in [0.29, 0.717) is 56.0 Å². The summed E-state index contributed by atoms with van der Waals surface area (Å²) >= 11 is 5.84. The number of aromatic carboxylic acids is 1. The molecule has 9 nitrogen and oxygen atoms in total. The summed E-state index contributed by atoms with van der Waals surface area (Å²) in [5, 5.41) is 12.2. The van der Waals surface area contributed by atoms with E-state index in [0.717, 1.165) is 0 Å². The Bertz CT molecular complexity index is 1140. The first-order valence-electron chi connectivity index (χ1n) is 11.3. The number of nitrogens with one attached hydrogen (secondary N) is 1. The number of ether oxygens (including phenoxy) is 4. The van der Waals surface area contributed by atoms with Crippen LogP contribution in [0.25, 0.3) is 0 Å². The number of rotatable bonds is 14. The molecule has 1 amide bonds. The Balaban J connectivity index is 1.45. The van der Waals surface area contributed by atoms with Crippen LogP contribution in [-0.4, -0.2) is 55.0 Å². The van der Waals surface area contributed by atoms with Crippen LogP contribution in [0.4, 0.5) is 5.69 Å². The number of amides is 1. The van der Waals surface area contributed by atoms with Crippen LogP contribution >= 0.6 is 11.6 Å².